The molecule has 5 nitrogen and oxygen atoms in total. The zero-order chi connectivity index (χ0) is 16.9. The van der Waals surface area contributed by atoms with Gasteiger partial charge in [0, 0.05) is 11.8 Å². The Kier molecular flexibility index (Phi) is 4.20. The van der Waals surface area contributed by atoms with E-state index in [1.165, 1.54) is 0 Å². The van der Waals surface area contributed by atoms with Crippen molar-refractivity contribution >= 4 is 5.95 Å². The maximum absolute atomic E-state index is 5.38. The average Bonchev–Trinajstić information content (AvgIpc) is 3.17. The van der Waals surface area contributed by atoms with Crippen molar-refractivity contribution in [3.05, 3.63) is 96.3 Å². The van der Waals surface area contributed by atoms with Gasteiger partial charge >= 0.3 is 0 Å². The first-order valence-electron chi connectivity index (χ1n) is 8.02. The number of anilines is 1. The highest BCUT2D eigenvalue weighted by molar-refractivity contribution is 5.54. The molecule has 0 fully saturated rings. The minimum atomic E-state index is -0.163. The van der Waals surface area contributed by atoms with Crippen molar-refractivity contribution in [1.29, 1.82) is 0 Å². The van der Waals surface area contributed by atoms with Crippen molar-refractivity contribution in [2.24, 2.45) is 0 Å². The predicted molar refractivity (Wildman–Crippen MR) is 95.9 cm³/mol. The lowest BCUT2D eigenvalue weighted by atomic mass is 10.0. The van der Waals surface area contributed by atoms with Crippen LogP contribution in [-0.4, -0.2) is 15.1 Å². The summed E-state index contributed by atoms with van der Waals surface area (Å²) in [4.78, 5) is 8.92. The lowest BCUT2D eigenvalue weighted by molar-refractivity contribution is 0.432. The Bertz CT molecular complexity index is 884. The summed E-state index contributed by atoms with van der Waals surface area (Å²) in [5.41, 5.74) is 2.85. The van der Waals surface area contributed by atoms with Crippen LogP contribution in [0.2, 0.25) is 0 Å². The molecule has 0 bridgehead atoms. The van der Waals surface area contributed by atoms with Gasteiger partial charge < -0.3 is 9.84 Å². The number of nitrogens with zero attached hydrogens (tertiary/aromatic N) is 3. The number of hydrogen-bond donors (Lipinski definition) is 1. The van der Waals surface area contributed by atoms with Crippen molar-refractivity contribution in [2.75, 3.05) is 5.32 Å². The second kappa shape index (κ2) is 6.97. The maximum atomic E-state index is 5.38. The molecule has 0 spiro atoms. The lowest BCUT2D eigenvalue weighted by Gasteiger charge is -2.17. The summed E-state index contributed by atoms with van der Waals surface area (Å²) in [6.07, 6.45) is 1.78. The number of hydrogen-bond acceptors (Lipinski definition) is 5. The summed E-state index contributed by atoms with van der Waals surface area (Å²) < 4.78 is 5.38. The first-order chi connectivity index (χ1) is 12.4. The summed E-state index contributed by atoms with van der Waals surface area (Å²) in [7, 11) is 0. The third-order valence-electron chi connectivity index (χ3n) is 3.84. The number of rotatable bonds is 5. The Morgan fingerprint density at radius 1 is 0.800 bits per heavy atom. The van der Waals surface area contributed by atoms with E-state index in [0.29, 0.717) is 11.8 Å². The van der Waals surface area contributed by atoms with Crippen LogP contribution in [0, 0.1) is 0 Å². The third-order valence-corrected chi connectivity index (χ3v) is 3.84. The molecule has 0 aliphatic rings. The Morgan fingerprint density at radius 2 is 1.52 bits per heavy atom. The molecule has 0 radical (unpaired) electrons. The smallest absolute Gasteiger partial charge is 0.264 e. The summed E-state index contributed by atoms with van der Waals surface area (Å²) in [5.74, 6) is 0.911. The van der Waals surface area contributed by atoms with Gasteiger partial charge in [-0.2, -0.15) is 4.98 Å². The minimum Gasteiger partial charge on any atom is -0.339 e. The number of aromatic nitrogens is 3. The molecule has 1 unspecified atom stereocenters. The number of pyridine rings is 1. The van der Waals surface area contributed by atoms with E-state index in [4.69, 9.17) is 4.52 Å². The Hall–Kier alpha value is -3.47. The van der Waals surface area contributed by atoms with E-state index < -0.39 is 0 Å². The lowest BCUT2D eigenvalue weighted by Crippen LogP contribution is -2.14. The molecule has 2 heterocycles. The third kappa shape index (κ3) is 3.40. The van der Waals surface area contributed by atoms with Crippen LogP contribution in [0.4, 0.5) is 5.95 Å². The van der Waals surface area contributed by atoms with Crippen LogP contribution in [-0.2, 0) is 0 Å². The van der Waals surface area contributed by atoms with Crippen LogP contribution in [0.15, 0.2) is 89.6 Å². The van der Waals surface area contributed by atoms with E-state index in [2.05, 4.69) is 20.4 Å². The van der Waals surface area contributed by atoms with Gasteiger partial charge in [0.1, 0.15) is 0 Å². The highest BCUT2D eigenvalue weighted by Crippen LogP contribution is 2.25. The summed E-state index contributed by atoms with van der Waals surface area (Å²) in [6.45, 7) is 0. The van der Waals surface area contributed by atoms with Gasteiger partial charge in [-0.15, -0.1) is 0 Å². The molecule has 25 heavy (non-hydrogen) atoms. The van der Waals surface area contributed by atoms with E-state index in [9.17, 15) is 0 Å². The SMILES string of the molecule is c1ccc(-c2nc(NC(c3ccccc3)c3ccccn3)no2)cc1. The largest absolute Gasteiger partial charge is 0.339 e. The number of nitrogens with one attached hydrogen (secondary N) is 1. The molecule has 4 rings (SSSR count). The summed E-state index contributed by atoms with van der Waals surface area (Å²) >= 11 is 0. The summed E-state index contributed by atoms with van der Waals surface area (Å²) in [5, 5.41) is 7.38. The molecule has 5 heteroatoms. The molecule has 0 aliphatic carbocycles. The quantitative estimate of drug-likeness (QED) is 0.590. The van der Waals surface area contributed by atoms with Crippen molar-refractivity contribution in [2.45, 2.75) is 6.04 Å². The monoisotopic (exact) mass is 328 g/mol. The molecule has 2 aromatic heterocycles. The fourth-order valence-corrected chi connectivity index (χ4v) is 2.63. The van der Waals surface area contributed by atoms with E-state index in [-0.39, 0.29) is 6.04 Å². The Balaban J connectivity index is 1.65. The first kappa shape index (κ1) is 15.1. The van der Waals surface area contributed by atoms with Crippen molar-refractivity contribution < 1.29 is 4.52 Å². The molecular weight excluding hydrogens is 312 g/mol. The predicted octanol–water partition coefficient (Wildman–Crippen LogP) is 4.33. The van der Waals surface area contributed by atoms with Crippen LogP contribution in [0.3, 0.4) is 0 Å². The maximum Gasteiger partial charge on any atom is 0.264 e. The molecule has 0 saturated carbocycles. The van der Waals surface area contributed by atoms with Gasteiger partial charge in [0.2, 0.25) is 0 Å². The topological polar surface area (TPSA) is 63.8 Å². The van der Waals surface area contributed by atoms with Crippen LogP contribution in [0.5, 0.6) is 0 Å². The minimum absolute atomic E-state index is 0.163. The Morgan fingerprint density at radius 3 is 2.24 bits per heavy atom. The van der Waals surface area contributed by atoms with Gasteiger partial charge in [0.05, 0.1) is 11.7 Å². The molecule has 1 N–H and O–H groups in total. The number of benzene rings is 2. The highest BCUT2D eigenvalue weighted by Gasteiger charge is 2.18. The van der Waals surface area contributed by atoms with E-state index in [1.807, 2.05) is 78.9 Å². The second-order valence-corrected chi connectivity index (χ2v) is 5.53. The molecule has 0 amide bonds. The van der Waals surface area contributed by atoms with Crippen LogP contribution < -0.4 is 5.32 Å². The molecule has 1 atom stereocenters. The van der Waals surface area contributed by atoms with E-state index in [1.54, 1.807) is 6.20 Å². The highest BCUT2D eigenvalue weighted by atomic mass is 16.5. The zero-order valence-electron chi connectivity index (χ0n) is 13.4. The van der Waals surface area contributed by atoms with Crippen molar-refractivity contribution in [3.63, 3.8) is 0 Å². The van der Waals surface area contributed by atoms with Crippen molar-refractivity contribution in [1.82, 2.24) is 15.1 Å². The standard InChI is InChI=1S/C20H16N4O/c1-3-9-15(10-4-1)18(17-13-7-8-14-21-17)22-20-23-19(25-24-20)16-11-5-2-6-12-16/h1-14,18H,(H,22,24). The molecule has 122 valence electrons. The van der Waals surface area contributed by atoms with Crippen LogP contribution >= 0.6 is 0 Å². The van der Waals surface area contributed by atoms with Crippen LogP contribution in [0.25, 0.3) is 11.5 Å². The van der Waals surface area contributed by atoms with Gasteiger partial charge in [-0.25, -0.2) is 0 Å². The van der Waals surface area contributed by atoms with Gasteiger partial charge in [-0.3, -0.25) is 4.98 Å². The van der Waals surface area contributed by atoms with Crippen LogP contribution in [0.1, 0.15) is 17.3 Å². The van der Waals surface area contributed by atoms with E-state index >= 15 is 0 Å². The van der Waals surface area contributed by atoms with Gasteiger partial charge in [0.25, 0.3) is 11.8 Å². The Labute approximate surface area is 145 Å². The first-order valence-corrected chi connectivity index (χ1v) is 8.02. The fourth-order valence-electron chi connectivity index (χ4n) is 2.63. The molecule has 0 saturated heterocycles. The van der Waals surface area contributed by atoms with Crippen molar-refractivity contribution in [3.8, 4) is 11.5 Å². The van der Waals surface area contributed by atoms with Gasteiger partial charge in [-0.1, -0.05) is 54.6 Å². The fraction of sp³-hybridized carbons (Fsp3) is 0.0500. The molecule has 0 aliphatic heterocycles. The molecule has 2 aromatic carbocycles. The van der Waals surface area contributed by atoms with E-state index in [0.717, 1.165) is 16.8 Å². The molecule has 4 aromatic rings. The summed E-state index contributed by atoms with van der Waals surface area (Å²) in [6, 6.07) is 25.4. The van der Waals surface area contributed by atoms with Gasteiger partial charge in [0.15, 0.2) is 0 Å². The average molecular weight is 328 g/mol. The normalized spacial score (nSPS) is 11.8. The second-order valence-electron chi connectivity index (χ2n) is 5.53. The zero-order valence-corrected chi connectivity index (χ0v) is 13.4. The van der Waals surface area contributed by atoms with Gasteiger partial charge in [-0.05, 0) is 35.0 Å². The molecular formula is C20H16N4O.